The van der Waals surface area contributed by atoms with Gasteiger partial charge in [-0.25, -0.2) is 0 Å². The van der Waals surface area contributed by atoms with Gasteiger partial charge in [-0.1, -0.05) is 6.92 Å². The molecule has 0 amide bonds. The van der Waals surface area contributed by atoms with Gasteiger partial charge in [0.15, 0.2) is 0 Å². The van der Waals surface area contributed by atoms with Gasteiger partial charge in [-0.2, -0.15) is 5.10 Å². The molecule has 3 aliphatic rings. The molecule has 0 saturated heterocycles. The van der Waals surface area contributed by atoms with E-state index in [0.29, 0.717) is 5.92 Å². The number of rotatable bonds is 0. The Hall–Kier alpha value is -0.790. The van der Waals surface area contributed by atoms with Gasteiger partial charge in [-0.3, -0.25) is 5.43 Å². The summed E-state index contributed by atoms with van der Waals surface area (Å²) < 4.78 is 0. The van der Waals surface area contributed by atoms with E-state index in [-0.39, 0.29) is 0 Å². The summed E-state index contributed by atoms with van der Waals surface area (Å²) in [6, 6.07) is 0. The molecule has 1 N–H and O–H groups in total. The van der Waals surface area contributed by atoms with E-state index in [1.54, 1.807) is 5.57 Å². The molecule has 2 saturated carbocycles. The first-order valence-corrected chi connectivity index (χ1v) is 5.27. The average molecular weight is 176 g/mol. The van der Waals surface area contributed by atoms with Gasteiger partial charge < -0.3 is 0 Å². The van der Waals surface area contributed by atoms with Crippen molar-refractivity contribution in [2.45, 2.75) is 26.7 Å². The molecule has 3 rings (SSSR count). The molecular weight excluding hydrogens is 160 g/mol. The molecule has 1 heterocycles. The summed E-state index contributed by atoms with van der Waals surface area (Å²) in [6.45, 7) is 4.55. The SMILES string of the molecule is CC1=NNC=C2C3CC(CC3C)C21. The second kappa shape index (κ2) is 2.37. The van der Waals surface area contributed by atoms with Crippen LogP contribution in [0.4, 0.5) is 0 Å². The van der Waals surface area contributed by atoms with Crippen molar-refractivity contribution >= 4 is 5.71 Å². The lowest BCUT2D eigenvalue weighted by molar-refractivity contribution is 0.391. The highest BCUT2D eigenvalue weighted by Gasteiger charge is 2.49. The van der Waals surface area contributed by atoms with Gasteiger partial charge >= 0.3 is 0 Å². The summed E-state index contributed by atoms with van der Waals surface area (Å²) in [5, 5.41) is 4.31. The van der Waals surface area contributed by atoms with Gasteiger partial charge in [0.05, 0.1) is 0 Å². The van der Waals surface area contributed by atoms with E-state index in [0.717, 1.165) is 17.8 Å². The Balaban J connectivity index is 2.00. The summed E-state index contributed by atoms with van der Waals surface area (Å²) in [5.41, 5.74) is 5.98. The van der Waals surface area contributed by atoms with Crippen LogP contribution in [-0.2, 0) is 0 Å². The lowest BCUT2D eigenvalue weighted by atomic mass is 9.77. The predicted octanol–water partition coefficient (Wildman–Crippen LogP) is 2.14. The molecule has 1 aliphatic heterocycles. The Morgan fingerprint density at radius 3 is 3.15 bits per heavy atom. The van der Waals surface area contributed by atoms with E-state index in [2.05, 4.69) is 30.6 Å². The average Bonchev–Trinajstić information content (AvgIpc) is 2.61. The molecule has 2 fully saturated rings. The van der Waals surface area contributed by atoms with E-state index < -0.39 is 0 Å². The first kappa shape index (κ1) is 7.60. The van der Waals surface area contributed by atoms with Crippen LogP contribution in [0.25, 0.3) is 0 Å². The molecule has 0 aromatic carbocycles. The molecule has 0 spiro atoms. The van der Waals surface area contributed by atoms with E-state index in [1.807, 2.05) is 0 Å². The fourth-order valence-corrected chi connectivity index (χ4v) is 3.59. The summed E-state index contributed by atoms with van der Waals surface area (Å²) in [5.74, 6) is 3.35. The molecule has 13 heavy (non-hydrogen) atoms. The minimum atomic E-state index is 0.697. The zero-order chi connectivity index (χ0) is 9.00. The number of fused-ring (bicyclic) bond motifs is 5. The van der Waals surface area contributed by atoms with Crippen molar-refractivity contribution in [1.82, 2.24) is 5.43 Å². The Morgan fingerprint density at radius 1 is 1.46 bits per heavy atom. The van der Waals surface area contributed by atoms with Crippen molar-refractivity contribution in [3.8, 4) is 0 Å². The quantitative estimate of drug-likeness (QED) is 0.601. The zero-order valence-corrected chi connectivity index (χ0v) is 8.25. The fourth-order valence-electron chi connectivity index (χ4n) is 3.59. The molecule has 2 aliphatic carbocycles. The molecule has 0 aromatic heterocycles. The first-order valence-electron chi connectivity index (χ1n) is 5.27. The molecule has 0 aromatic rings. The fraction of sp³-hybridized carbons (Fsp3) is 0.727. The first-order chi connectivity index (χ1) is 6.27. The van der Waals surface area contributed by atoms with Crippen LogP contribution in [0, 0.1) is 23.7 Å². The van der Waals surface area contributed by atoms with Gasteiger partial charge in [0.25, 0.3) is 0 Å². The van der Waals surface area contributed by atoms with E-state index in [9.17, 15) is 0 Å². The van der Waals surface area contributed by atoms with Crippen LogP contribution >= 0.6 is 0 Å². The zero-order valence-electron chi connectivity index (χ0n) is 8.25. The molecule has 2 nitrogen and oxygen atoms in total. The van der Waals surface area contributed by atoms with Gasteiger partial charge in [0.1, 0.15) is 0 Å². The number of hydrazone groups is 1. The van der Waals surface area contributed by atoms with Gasteiger partial charge in [0.2, 0.25) is 0 Å². The number of allylic oxidation sites excluding steroid dienone is 1. The van der Waals surface area contributed by atoms with Gasteiger partial charge in [-0.05, 0) is 43.1 Å². The summed E-state index contributed by atoms with van der Waals surface area (Å²) >= 11 is 0. The summed E-state index contributed by atoms with van der Waals surface area (Å²) in [4.78, 5) is 0. The highest BCUT2D eigenvalue weighted by molar-refractivity contribution is 5.88. The third-order valence-electron chi connectivity index (χ3n) is 4.10. The third kappa shape index (κ3) is 0.862. The largest absolute Gasteiger partial charge is 0.286 e. The molecule has 70 valence electrons. The number of nitrogens with zero attached hydrogens (tertiary/aromatic N) is 1. The van der Waals surface area contributed by atoms with Crippen molar-refractivity contribution in [1.29, 1.82) is 0 Å². The van der Waals surface area contributed by atoms with E-state index in [4.69, 9.17) is 0 Å². The Kier molecular flexibility index (Phi) is 1.38. The topological polar surface area (TPSA) is 24.4 Å². The Bertz CT molecular complexity index is 303. The number of nitrogens with one attached hydrogen (secondary N) is 1. The smallest absolute Gasteiger partial charge is 0.0426 e. The maximum atomic E-state index is 4.31. The van der Waals surface area contributed by atoms with Gasteiger partial charge in [-0.15, -0.1) is 0 Å². The van der Waals surface area contributed by atoms with Crippen LogP contribution in [-0.4, -0.2) is 5.71 Å². The molecule has 4 unspecified atom stereocenters. The summed E-state index contributed by atoms with van der Waals surface area (Å²) in [7, 11) is 0. The molecule has 0 radical (unpaired) electrons. The molecule has 4 atom stereocenters. The number of hydrogen-bond acceptors (Lipinski definition) is 2. The maximum Gasteiger partial charge on any atom is 0.0426 e. The highest BCUT2D eigenvalue weighted by atomic mass is 15.3. The van der Waals surface area contributed by atoms with Crippen molar-refractivity contribution in [2.75, 3.05) is 0 Å². The van der Waals surface area contributed by atoms with Crippen LogP contribution in [0.1, 0.15) is 26.7 Å². The van der Waals surface area contributed by atoms with Crippen molar-refractivity contribution in [2.24, 2.45) is 28.8 Å². The van der Waals surface area contributed by atoms with Crippen molar-refractivity contribution in [3.63, 3.8) is 0 Å². The second-order valence-corrected chi connectivity index (χ2v) is 4.82. The van der Waals surface area contributed by atoms with Crippen LogP contribution in [0.2, 0.25) is 0 Å². The lowest BCUT2D eigenvalue weighted by Gasteiger charge is -2.30. The van der Waals surface area contributed by atoms with Crippen LogP contribution in [0.15, 0.2) is 16.9 Å². The minimum Gasteiger partial charge on any atom is -0.286 e. The highest BCUT2D eigenvalue weighted by Crippen LogP contribution is 2.55. The minimum absolute atomic E-state index is 0.697. The van der Waals surface area contributed by atoms with E-state index in [1.165, 1.54) is 18.6 Å². The maximum absolute atomic E-state index is 4.31. The third-order valence-corrected chi connectivity index (χ3v) is 4.10. The summed E-state index contributed by atoms with van der Waals surface area (Å²) in [6.07, 6.45) is 4.98. The monoisotopic (exact) mass is 176 g/mol. The van der Waals surface area contributed by atoms with E-state index >= 15 is 0 Å². The molecular formula is C11H16N2. The second-order valence-electron chi connectivity index (χ2n) is 4.82. The molecule has 2 bridgehead atoms. The van der Waals surface area contributed by atoms with Crippen LogP contribution in [0.5, 0.6) is 0 Å². The molecule has 2 heteroatoms. The van der Waals surface area contributed by atoms with Crippen molar-refractivity contribution in [3.05, 3.63) is 11.8 Å². The van der Waals surface area contributed by atoms with Crippen LogP contribution < -0.4 is 5.43 Å². The van der Waals surface area contributed by atoms with Crippen molar-refractivity contribution < 1.29 is 0 Å². The standard InChI is InChI=1S/C11H16N2/c1-6-3-8-4-9(6)10-5-12-13-7(2)11(8)10/h5-6,8-9,11-12H,3-4H2,1-2H3. The Labute approximate surface area is 79.1 Å². The van der Waals surface area contributed by atoms with Gasteiger partial charge in [0, 0.05) is 17.8 Å². The number of hydrogen-bond donors (Lipinski definition) is 1. The normalized spacial score (nSPS) is 46.6. The van der Waals surface area contributed by atoms with Crippen LogP contribution in [0.3, 0.4) is 0 Å². The Morgan fingerprint density at radius 2 is 2.31 bits per heavy atom. The predicted molar refractivity (Wildman–Crippen MR) is 53.2 cm³/mol. The lowest BCUT2D eigenvalue weighted by Crippen LogP contribution is -2.29.